The quantitative estimate of drug-likeness (QED) is 0.543. The molecule has 0 aliphatic carbocycles. The molecule has 0 spiro atoms. The number of hydrogen-bond donors (Lipinski definition) is 3. The summed E-state index contributed by atoms with van der Waals surface area (Å²) in [6, 6.07) is 5.90. The number of carboxylic acids is 1. The fourth-order valence-electron chi connectivity index (χ4n) is 1.88. The Morgan fingerprint density at radius 2 is 1.80 bits per heavy atom. The summed E-state index contributed by atoms with van der Waals surface area (Å²) in [5.41, 5.74) is -0.344. The van der Waals surface area contributed by atoms with Crippen molar-refractivity contribution < 1.29 is 32.4 Å². The monoisotopic (exact) mass is 373 g/mol. The van der Waals surface area contributed by atoms with Crippen LogP contribution < -0.4 is 5.32 Å². The van der Waals surface area contributed by atoms with Crippen LogP contribution in [-0.4, -0.2) is 49.8 Å². The zero-order chi connectivity index (χ0) is 19.3. The number of aliphatic hydroxyl groups excluding tert-OH is 1. The van der Waals surface area contributed by atoms with E-state index in [1.165, 1.54) is 26.0 Å². The molecule has 9 heteroatoms. The van der Waals surface area contributed by atoms with E-state index in [-0.39, 0.29) is 17.9 Å². The van der Waals surface area contributed by atoms with Gasteiger partial charge in [0.25, 0.3) is 16.0 Å². The fraction of sp³-hybridized carbons (Fsp3) is 0.500. The van der Waals surface area contributed by atoms with Crippen molar-refractivity contribution in [3.63, 3.8) is 0 Å². The fourth-order valence-corrected chi connectivity index (χ4v) is 3.07. The smallest absolute Gasteiger partial charge is 0.305 e. The van der Waals surface area contributed by atoms with Gasteiger partial charge in [0.05, 0.1) is 17.9 Å². The third-order valence-electron chi connectivity index (χ3n) is 3.53. The van der Waals surface area contributed by atoms with Gasteiger partial charge in [-0.25, -0.2) is 0 Å². The largest absolute Gasteiger partial charge is 0.481 e. The number of aryl methyl sites for hydroxylation is 1. The summed E-state index contributed by atoms with van der Waals surface area (Å²) < 4.78 is 29.9. The predicted molar refractivity (Wildman–Crippen MR) is 89.4 cm³/mol. The summed E-state index contributed by atoms with van der Waals surface area (Å²) in [6.07, 6.45) is -1.83. The molecule has 1 aromatic rings. The lowest BCUT2D eigenvalue weighted by molar-refractivity contribution is -0.137. The van der Waals surface area contributed by atoms with E-state index in [1.54, 1.807) is 19.1 Å². The molecule has 0 saturated heterocycles. The molecule has 0 aliphatic heterocycles. The number of amides is 1. The summed E-state index contributed by atoms with van der Waals surface area (Å²) in [5, 5.41) is 20.4. The van der Waals surface area contributed by atoms with Crippen molar-refractivity contribution in [2.24, 2.45) is 5.41 Å². The maximum Gasteiger partial charge on any atom is 0.305 e. The summed E-state index contributed by atoms with van der Waals surface area (Å²) in [5.74, 6) is -1.91. The lowest BCUT2D eigenvalue weighted by Gasteiger charge is -2.30. The second-order valence-corrected chi connectivity index (χ2v) is 7.90. The van der Waals surface area contributed by atoms with Crippen molar-refractivity contribution in [2.75, 3.05) is 13.2 Å². The van der Waals surface area contributed by atoms with Gasteiger partial charge in [-0.3, -0.25) is 13.8 Å². The third-order valence-corrected chi connectivity index (χ3v) is 4.82. The molecule has 0 saturated carbocycles. The van der Waals surface area contributed by atoms with E-state index in [0.29, 0.717) is 0 Å². The Hall–Kier alpha value is -1.97. The van der Waals surface area contributed by atoms with Gasteiger partial charge in [-0.2, -0.15) is 8.42 Å². The first-order chi connectivity index (χ1) is 11.5. The average Bonchev–Trinajstić information content (AvgIpc) is 2.52. The Kier molecular flexibility index (Phi) is 7.09. The molecule has 140 valence electrons. The van der Waals surface area contributed by atoms with Crippen molar-refractivity contribution >= 4 is 22.0 Å². The molecule has 8 nitrogen and oxygen atoms in total. The van der Waals surface area contributed by atoms with E-state index in [9.17, 15) is 23.1 Å². The van der Waals surface area contributed by atoms with Gasteiger partial charge in [0, 0.05) is 12.0 Å². The van der Waals surface area contributed by atoms with Crippen molar-refractivity contribution in [1.82, 2.24) is 5.32 Å². The molecular weight excluding hydrogens is 350 g/mol. The minimum absolute atomic E-state index is 0.116. The van der Waals surface area contributed by atoms with Crippen molar-refractivity contribution in [3.8, 4) is 0 Å². The van der Waals surface area contributed by atoms with Crippen molar-refractivity contribution in [2.45, 2.75) is 38.2 Å². The normalized spacial score (nSPS) is 13.3. The molecule has 0 heterocycles. The Morgan fingerprint density at radius 3 is 2.28 bits per heavy atom. The lowest BCUT2D eigenvalue weighted by atomic mass is 9.87. The number of carbonyl (C=O) groups excluding carboxylic acids is 1. The summed E-state index contributed by atoms with van der Waals surface area (Å²) in [7, 11) is -4.24. The molecule has 0 aromatic heterocycles. The number of carboxylic acid groups (broad SMARTS) is 1. The minimum Gasteiger partial charge on any atom is -0.481 e. The number of benzene rings is 1. The highest BCUT2D eigenvalue weighted by molar-refractivity contribution is 7.86. The third kappa shape index (κ3) is 6.11. The number of carbonyl (C=O) groups is 2. The Morgan fingerprint density at radius 1 is 1.24 bits per heavy atom. The molecular formula is C16H23NO7S. The van der Waals surface area contributed by atoms with E-state index < -0.39 is 40.1 Å². The van der Waals surface area contributed by atoms with Gasteiger partial charge in [0.15, 0.2) is 6.10 Å². The van der Waals surface area contributed by atoms with Crippen LogP contribution in [-0.2, 0) is 23.9 Å². The summed E-state index contributed by atoms with van der Waals surface area (Å²) >= 11 is 0. The van der Waals surface area contributed by atoms with Crippen molar-refractivity contribution in [3.05, 3.63) is 29.8 Å². The second kappa shape index (κ2) is 8.41. The van der Waals surface area contributed by atoms with Crippen LogP contribution in [0.5, 0.6) is 0 Å². The van der Waals surface area contributed by atoms with Gasteiger partial charge in [-0.15, -0.1) is 0 Å². The van der Waals surface area contributed by atoms with Gasteiger partial charge >= 0.3 is 5.97 Å². The molecule has 25 heavy (non-hydrogen) atoms. The second-order valence-electron chi connectivity index (χ2n) is 6.32. The number of aliphatic carboxylic acids is 1. The van der Waals surface area contributed by atoms with E-state index in [4.69, 9.17) is 9.29 Å². The SMILES string of the molecule is Cc1ccc(S(=O)(=O)O[C@H](C(=O)NCCC(=O)O)C(C)(C)CO)cc1. The van der Waals surface area contributed by atoms with Crippen molar-refractivity contribution in [1.29, 1.82) is 0 Å². The number of hydrogen-bond acceptors (Lipinski definition) is 6. The predicted octanol–water partition coefficient (Wildman–Crippen LogP) is 0.678. The Bertz CT molecular complexity index is 711. The highest BCUT2D eigenvalue weighted by atomic mass is 32.2. The highest BCUT2D eigenvalue weighted by Crippen LogP contribution is 2.27. The Labute approximate surface area is 146 Å². The molecule has 0 bridgehead atoms. The Balaban J connectivity index is 3.02. The summed E-state index contributed by atoms with van der Waals surface area (Å²) in [4.78, 5) is 22.7. The van der Waals surface area contributed by atoms with Crippen LogP contribution in [0, 0.1) is 12.3 Å². The first-order valence-electron chi connectivity index (χ1n) is 7.60. The number of nitrogens with one attached hydrogen (secondary N) is 1. The topological polar surface area (TPSA) is 130 Å². The van der Waals surface area contributed by atoms with Crippen LogP contribution in [0.2, 0.25) is 0 Å². The van der Waals surface area contributed by atoms with E-state index in [1.807, 2.05) is 0 Å². The first kappa shape index (κ1) is 21.1. The van der Waals surface area contributed by atoms with Crippen LogP contribution in [0.3, 0.4) is 0 Å². The van der Waals surface area contributed by atoms with E-state index in [0.717, 1.165) is 5.56 Å². The molecule has 0 aliphatic rings. The number of rotatable bonds is 9. The van der Waals surface area contributed by atoms with Crippen LogP contribution in [0.25, 0.3) is 0 Å². The zero-order valence-electron chi connectivity index (χ0n) is 14.4. The van der Waals surface area contributed by atoms with Crippen LogP contribution in [0.1, 0.15) is 25.8 Å². The minimum atomic E-state index is -4.24. The first-order valence-corrected chi connectivity index (χ1v) is 9.01. The standard InChI is InChI=1S/C16H23NO7S/c1-11-4-6-12(7-5-11)25(22,23)24-14(16(2,3)10-18)15(21)17-9-8-13(19)20/h4-7,14,18H,8-10H2,1-3H3,(H,17,21)(H,19,20)/t14-/m1/s1. The van der Waals surface area contributed by atoms with Crippen LogP contribution in [0.15, 0.2) is 29.2 Å². The summed E-state index contributed by atoms with van der Waals surface area (Å²) in [6.45, 7) is 4.05. The molecule has 0 fully saturated rings. The average molecular weight is 373 g/mol. The maximum atomic E-state index is 12.4. The lowest BCUT2D eigenvalue weighted by Crippen LogP contribution is -2.48. The molecule has 0 unspecified atom stereocenters. The van der Waals surface area contributed by atoms with Crippen LogP contribution >= 0.6 is 0 Å². The molecule has 0 radical (unpaired) electrons. The zero-order valence-corrected chi connectivity index (χ0v) is 15.2. The number of aliphatic hydroxyl groups is 1. The van der Waals surface area contributed by atoms with Gasteiger partial charge in [0.1, 0.15) is 0 Å². The van der Waals surface area contributed by atoms with Gasteiger partial charge in [-0.05, 0) is 19.1 Å². The van der Waals surface area contributed by atoms with Gasteiger partial charge in [0.2, 0.25) is 0 Å². The van der Waals surface area contributed by atoms with Gasteiger partial charge in [-0.1, -0.05) is 31.5 Å². The van der Waals surface area contributed by atoms with Crippen LogP contribution in [0.4, 0.5) is 0 Å². The molecule has 1 aromatic carbocycles. The molecule has 1 atom stereocenters. The van der Waals surface area contributed by atoms with Gasteiger partial charge < -0.3 is 15.5 Å². The molecule has 1 rings (SSSR count). The van der Waals surface area contributed by atoms with E-state index >= 15 is 0 Å². The molecule has 1 amide bonds. The maximum absolute atomic E-state index is 12.4. The van der Waals surface area contributed by atoms with E-state index in [2.05, 4.69) is 5.32 Å². The molecule has 3 N–H and O–H groups in total. The highest BCUT2D eigenvalue weighted by Gasteiger charge is 2.39.